The van der Waals surface area contributed by atoms with E-state index in [0.29, 0.717) is 32.9 Å². The summed E-state index contributed by atoms with van der Waals surface area (Å²) in [6.45, 7) is 1.95. The fraction of sp³-hybridized carbons (Fsp3) is 0.227. The topological polar surface area (TPSA) is 88.5 Å². The van der Waals surface area contributed by atoms with Crippen LogP contribution in [0.5, 0.6) is 17.2 Å². The van der Waals surface area contributed by atoms with Crippen molar-refractivity contribution in [2.24, 2.45) is 0 Å². The minimum atomic E-state index is -0.544. The molecule has 0 aromatic heterocycles. The van der Waals surface area contributed by atoms with Crippen molar-refractivity contribution in [1.82, 2.24) is 4.90 Å². The summed E-state index contributed by atoms with van der Waals surface area (Å²) < 4.78 is 16.0. The zero-order valence-corrected chi connectivity index (χ0v) is 20.6. The molecule has 1 saturated heterocycles. The molecule has 0 saturated carbocycles. The van der Waals surface area contributed by atoms with E-state index in [-0.39, 0.29) is 23.1 Å². The molecule has 1 aliphatic rings. The number of carbonyl (C=O) groups is 2. The lowest BCUT2D eigenvalue weighted by Crippen LogP contribution is -2.35. The zero-order chi connectivity index (χ0) is 23.4. The van der Waals surface area contributed by atoms with Gasteiger partial charge in [-0.15, -0.1) is 0 Å². The molecule has 8 nitrogen and oxygen atoms in total. The first-order chi connectivity index (χ1) is 15.3. The molecule has 168 valence electrons. The van der Waals surface area contributed by atoms with Crippen LogP contribution in [0.3, 0.4) is 0 Å². The summed E-state index contributed by atoms with van der Waals surface area (Å²) >= 11 is 7.52. The molecule has 1 N–H and O–H groups in total. The third kappa shape index (κ3) is 4.80. The van der Waals surface area contributed by atoms with E-state index in [4.69, 9.17) is 26.4 Å². The van der Waals surface area contributed by atoms with Crippen LogP contribution in [0.1, 0.15) is 12.5 Å². The van der Waals surface area contributed by atoms with Crippen molar-refractivity contribution < 1.29 is 28.9 Å². The molecular formula is C22H21IN2O6S. The molecule has 3 rings (SSSR count). The lowest BCUT2D eigenvalue weighted by atomic mass is 10.1. The van der Waals surface area contributed by atoms with E-state index in [2.05, 4.69) is 0 Å². The van der Waals surface area contributed by atoms with Crippen LogP contribution >= 0.6 is 34.8 Å². The highest BCUT2D eigenvalue weighted by molar-refractivity contribution is 14.1. The number of amides is 1. The van der Waals surface area contributed by atoms with Crippen LogP contribution < -0.4 is 14.4 Å². The van der Waals surface area contributed by atoms with Gasteiger partial charge in [0.25, 0.3) is 5.91 Å². The summed E-state index contributed by atoms with van der Waals surface area (Å²) in [5.74, 6) is 0.0126. The number of benzene rings is 2. The fourth-order valence-corrected chi connectivity index (χ4v) is 4.06. The molecule has 32 heavy (non-hydrogen) atoms. The van der Waals surface area contributed by atoms with Gasteiger partial charge in [-0.2, -0.15) is 0 Å². The third-order valence-corrected chi connectivity index (χ3v) is 5.86. The van der Waals surface area contributed by atoms with Crippen LogP contribution in [-0.2, 0) is 14.3 Å². The Bertz CT molecular complexity index is 1090. The second-order valence-electron chi connectivity index (χ2n) is 6.60. The van der Waals surface area contributed by atoms with Crippen molar-refractivity contribution in [3.63, 3.8) is 0 Å². The molecule has 1 aliphatic heterocycles. The maximum atomic E-state index is 13.4. The summed E-state index contributed by atoms with van der Waals surface area (Å²) in [5.41, 5.74) is 1.34. The lowest BCUT2D eigenvalue weighted by Gasteiger charge is -2.19. The quantitative estimate of drug-likeness (QED) is 0.235. The van der Waals surface area contributed by atoms with Gasteiger partial charge in [0.15, 0.2) is 16.6 Å². The van der Waals surface area contributed by atoms with Gasteiger partial charge in [-0.05, 0) is 89.8 Å². The number of thiocarbonyl (C=S) groups is 1. The van der Waals surface area contributed by atoms with Gasteiger partial charge in [-0.3, -0.25) is 14.5 Å². The Morgan fingerprint density at radius 2 is 1.91 bits per heavy atom. The maximum absolute atomic E-state index is 13.4. The van der Waals surface area contributed by atoms with Crippen LogP contribution in [0.15, 0.2) is 42.1 Å². The average molecular weight is 568 g/mol. The number of phenolic OH excluding ortho intramolecular Hbond substituents is 1. The Labute approximate surface area is 204 Å². The molecule has 0 unspecified atom stereocenters. The molecule has 1 heterocycles. The van der Waals surface area contributed by atoms with E-state index in [1.54, 1.807) is 56.5 Å². The SMILES string of the molecule is CCOc1cc(/C=C2/C(=O)N(c3ccc(OC)cc3)C(=S)N2CC(=O)OC)cc(I)c1O. The van der Waals surface area contributed by atoms with Crippen molar-refractivity contribution in [3.05, 3.63) is 51.2 Å². The predicted octanol–water partition coefficient (Wildman–Crippen LogP) is 3.55. The van der Waals surface area contributed by atoms with E-state index in [0.717, 1.165) is 0 Å². The van der Waals surface area contributed by atoms with Crippen molar-refractivity contribution in [2.75, 3.05) is 32.3 Å². The molecule has 0 radical (unpaired) electrons. The van der Waals surface area contributed by atoms with Crippen LogP contribution in [0.25, 0.3) is 6.08 Å². The number of rotatable bonds is 7. The highest BCUT2D eigenvalue weighted by Gasteiger charge is 2.40. The second-order valence-corrected chi connectivity index (χ2v) is 8.12. The van der Waals surface area contributed by atoms with Crippen LogP contribution in [0.2, 0.25) is 0 Å². The lowest BCUT2D eigenvalue weighted by molar-refractivity contribution is -0.140. The standard InChI is InChI=1S/C22H21IN2O6S/c1-4-31-18-11-13(9-16(23)20(18)27)10-17-21(28)25(14-5-7-15(29-2)8-6-14)22(32)24(17)12-19(26)30-3/h5-11,27H,4,12H2,1-3H3/b17-10-. The van der Waals surface area contributed by atoms with Gasteiger partial charge in [-0.1, -0.05) is 0 Å². The second kappa shape index (κ2) is 10.2. The number of hydrogen-bond acceptors (Lipinski definition) is 7. The molecule has 0 atom stereocenters. The first-order valence-corrected chi connectivity index (χ1v) is 11.0. The number of esters is 1. The summed E-state index contributed by atoms with van der Waals surface area (Å²) in [5, 5.41) is 10.4. The van der Waals surface area contributed by atoms with Crippen molar-refractivity contribution in [3.8, 4) is 17.2 Å². The highest BCUT2D eigenvalue weighted by Crippen LogP contribution is 2.35. The van der Waals surface area contributed by atoms with Crippen LogP contribution in [0.4, 0.5) is 5.69 Å². The highest BCUT2D eigenvalue weighted by atomic mass is 127. The number of anilines is 1. The summed E-state index contributed by atoms with van der Waals surface area (Å²) in [4.78, 5) is 28.2. The first kappa shape index (κ1) is 23.8. The largest absolute Gasteiger partial charge is 0.504 e. The molecule has 2 aromatic rings. The predicted molar refractivity (Wildman–Crippen MR) is 132 cm³/mol. The third-order valence-electron chi connectivity index (χ3n) is 4.63. The normalized spacial score (nSPS) is 14.8. The summed E-state index contributed by atoms with van der Waals surface area (Å²) in [6.07, 6.45) is 1.60. The molecule has 0 spiro atoms. The first-order valence-electron chi connectivity index (χ1n) is 9.54. The van der Waals surface area contributed by atoms with E-state index in [1.807, 2.05) is 22.6 Å². The molecule has 10 heteroatoms. The van der Waals surface area contributed by atoms with Gasteiger partial charge < -0.3 is 24.2 Å². The summed E-state index contributed by atoms with van der Waals surface area (Å²) in [7, 11) is 2.82. The van der Waals surface area contributed by atoms with Crippen molar-refractivity contribution >= 4 is 63.6 Å². The smallest absolute Gasteiger partial charge is 0.325 e. The summed E-state index contributed by atoms with van der Waals surface area (Å²) in [6, 6.07) is 10.2. The van der Waals surface area contributed by atoms with E-state index < -0.39 is 11.9 Å². The Kier molecular flexibility index (Phi) is 7.56. The molecule has 1 fully saturated rings. The van der Waals surface area contributed by atoms with Crippen molar-refractivity contribution in [2.45, 2.75) is 6.92 Å². The molecule has 0 aliphatic carbocycles. The van der Waals surface area contributed by atoms with Crippen molar-refractivity contribution in [1.29, 1.82) is 0 Å². The Morgan fingerprint density at radius 3 is 2.50 bits per heavy atom. The van der Waals surface area contributed by atoms with Gasteiger partial charge in [0.2, 0.25) is 0 Å². The average Bonchev–Trinajstić information content (AvgIpc) is 3.01. The number of halogens is 1. The Hall–Kier alpha value is -2.86. The van der Waals surface area contributed by atoms with Gasteiger partial charge in [0.05, 0.1) is 30.1 Å². The number of hydrogen-bond donors (Lipinski definition) is 1. The number of aromatic hydroxyl groups is 1. The van der Waals surface area contributed by atoms with Gasteiger partial charge in [0, 0.05) is 0 Å². The fourth-order valence-electron chi connectivity index (χ4n) is 3.09. The zero-order valence-electron chi connectivity index (χ0n) is 17.6. The van der Waals surface area contributed by atoms with Gasteiger partial charge >= 0.3 is 5.97 Å². The monoisotopic (exact) mass is 568 g/mol. The Balaban J connectivity index is 2.07. The maximum Gasteiger partial charge on any atom is 0.325 e. The van der Waals surface area contributed by atoms with E-state index in [9.17, 15) is 14.7 Å². The number of nitrogens with zero attached hydrogens (tertiary/aromatic N) is 2. The van der Waals surface area contributed by atoms with Gasteiger partial charge in [-0.25, -0.2) is 0 Å². The van der Waals surface area contributed by atoms with Crippen LogP contribution in [-0.4, -0.2) is 54.4 Å². The molecule has 1 amide bonds. The van der Waals surface area contributed by atoms with E-state index in [1.165, 1.54) is 16.9 Å². The molecular weight excluding hydrogens is 547 g/mol. The number of carbonyl (C=O) groups excluding carboxylic acids is 2. The van der Waals surface area contributed by atoms with Crippen LogP contribution in [0, 0.1) is 3.57 Å². The minimum absolute atomic E-state index is 0.0224. The number of phenols is 1. The van der Waals surface area contributed by atoms with Gasteiger partial charge in [0.1, 0.15) is 18.0 Å². The minimum Gasteiger partial charge on any atom is -0.504 e. The number of ether oxygens (including phenoxy) is 3. The van der Waals surface area contributed by atoms with E-state index >= 15 is 0 Å². The molecule has 2 aromatic carbocycles. The molecule has 0 bridgehead atoms. The number of methoxy groups -OCH3 is 2. The Morgan fingerprint density at radius 1 is 1.22 bits per heavy atom.